The highest BCUT2D eigenvalue weighted by Gasteiger charge is 2.55. The molecule has 0 amide bonds. The van der Waals surface area contributed by atoms with Crippen LogP contribution in [0, 0.1) is 0 Å². The molecule has 12 heavy (non-hydrogen) atoms. The van der Waals surface area contributed by atoms with Crippen molar-refractivity contribution in [2.45, 2.75) is 69.8 Å². The van der Waals surface area contributed by atoms with E-state index in [2.05, 4.69) is 20.8 Å². The molecular formula is C11H21B. The van der Waals surface area contributed by atoms with Crippen molar-refractivity contribution in [3.63, 3.8) is 0 Å². The summed E-state index contributed by atoms with van der Waals surface area (Å²) in [5.74, 6) is 0. The molecule has 2 rings (SSSR count). The third-order valence-corrected chi connectivity index (χ3v) is 5.00. The lowest BCUT2D eigenvalue weighted by Crippen LogP contribution is -2.28. The van der Waals surface area contributed by atoms with Gasteiger partial charge in [0.25, 0.3) is 0 Å². The first kappa shape index (κ1) is 8.65. The highest BCUT2D eigenvalue weighted by molar-refractivity contribution is 6.67. The van der Waals surface area contributed by atoms with Crippen LogP contribution in [0.4, 0.5) is 0 Å². The molecule has 0 spiro atoms. The van der Waals surface area contributed by atoms with Gasteiger partial charge in [-0.2, -0.15) is 0 Å². The average Bonchev–Trinajstić information content (AvgIpc) is 2.53. The van der Waals surface area contributed by atoms with Crippen molar-refractivity contribution in [3.8, 4) is 0 Å². The molecule has 0 aliphatic carbocycles. The van der Waals surface area contributed by atoms with Crippen molar-refractivity contribution in [2.75, 3.05) is 0 Å². The largest absolute Gasteiger partial charge is 0.152 e. The lowest BCUT2D eigenvalue weighted by atomic mass is 9.27. The van der Waals surface area contributed by atoms with E-state index in [9.17, 15) is 0 Å². The molecule has 0 N–H and O–H groups in total. The van der Waals surface area contributed by atoms with Crippen molar-refractivity contribution in [1.82, 2.24) is 0 Å². The molecule has 0 aromatic carbocycles. The van der Waals surface area contributed by atoms with Crippen LogP contribution >= 0.6 is 0 Å². The summed E-state index contributed by atoms with van der Waals surface area (Å²) in [5.41, 5.74) is 0. The Balaban J connectivity index is 2.24. The highest BCUT2D eigenvalue weighted by Crippen LogP contribution is 2.65. The fraction of sp³-hybridized carbons (Fsp3) is 1.00. The van der Waals surface area contributed by atoms with Gasteiger partial charge in [0, 0.05) is 0 Å². The Morgan fingerprint density at radius 2 is 1.92 bits per heavy atom. The predicted molar refractivity (Wildman–Crippen MR) is 56.1 cm³/mol. The molecule has 2 fully saturated rings. The van der Waals surface area contributed by atoms with E-state index in [0.29, 0.717) is 5.31 Å². The second-order valence-corrected chi connectivity index (χ2v) is 5.61. The Labute approximate surface area is 77.2 Å². The van der Waals surface area contributed by atoms with Crippen LogP contribution in [0.5, 0.6) is 0 Å². The fourth-order valence-corrected chi connectivity index (χ4v) is 3.89. The lowest BCUT2D eigenvalue weighted by Gasteiger charge is -2.31. The fourth-order valence-electron chi connectivity index (χ4n) is 3.89. The summed E-state index contributed by atoms with van der Waals surface area (Å²) in [5, 5.41) is 1.44. The van der Waals surface area contributed by atoms with Gasteiger partial charge in [-0.25, -0.2) is 0 Å². The van der Waals surface area contributed by atoms with Gasteiger partial charge in [0.15, 0.2) is 6.71 Å². The predicted octanol–water partition coefficient (Wildman–Crippen LogP) is 4.00. The van der Waals surface area contributed by atoms with Crippen molar-refractivity contribution in [3.05, 3.63) is 0 Å². The second-order valence-electron chi connectivity index (χ2n) is 5.61. The van der Waals surface area contributed by atoms with Crippen molar-refractivity contribution in [1.29, 1.82) is 0 Å². The second kappa shape index (κ2) is 2.53. The van der Waals surface area contributed by atoms with E-state index in [1.54, 1.807) is 0 Å². The molecule has 0 radical (unpaired) electrons. The van der Waals surface area contributed by atoms with Gasteiger partial charge in [-0.1, -0.05) is 69.8 Å². The van der Waals surface area contributed by atoms with Gasteiger partial charge in [0.05, 0.1) is 0 Å². The zero-order valence-electron chi connectivity index (χ0n) is 8.82. The summed E-state index contributed by atoms with van der Waals surface area (Å²) in [4.78, 5) is 0. The minimum atomic E-state index is 0.700. The third kappa shape index (κ3) is 0.979. The Kier molecular flexibility index (Phi) is 1.82. The maximum atomic E-state index is 2.53. The van der Waals surface area contributed by atoms with Gasteiger partial charge < -0.3 is 0 Å². The van der Waals surface area contributed by atoms with E-state index in [1.807, 2.05) is 0 Å². The van der Waals surface area contributed by atoms with E-state index in [-0.39, 0.29) is 0 Å². The van der Waals surface area contributed by atoms with E-state index >= 15 is 0 Å². The molecule has 68 valence electrons. The Morgan fingerprint density at radius 1 is 1.17 bits per heavy atom. The summed E-state index contributed by atoms with van der Waals surface area (Å²) in [6.07, 6.45) is 8.91. The van der Waals surface area contributed by atoms with Crippen molar-refractivity contribution in [2.24, 2.45) is 0 Å². The number of fused-ring (bicyclic) bond motifs is 1. The number of rotatable bonds is 1. The van der Waals surface area contributed by atoms with Crippen LogP contribution in [0.1, 0.15) is 52.9 Å². The minimum absolute atomic E-state index is 0.700. The van der Waals surface area contributed by atoms with Crippen LogP contribution in [0.2, 0.25) is 16.9 Å². The van der Waals surface area contributed by atoms with Crippen molar-refractivity contribution >= 4 is 6.71 Å². The molecule has 0 nitrogen and oxygen atoms in total. The molecule has 0 bridgehead atoms. The number of hydrogen-bond acceptors (Lipinski definition) is 0. The standard InChI is InChI=1S/C11H21B/c1-4-10(2)7-8-11(3)6-5-9-12(10)11/h4-9H2,1-3H3. The SMILES string of the molecule is CCC1(C)CCC2(C)CCCB12. The van der Waals surface area contributed by atoms with Crippen LogP contribution in [0.15, 0.2) is 0 Å². The summed E-state index contributed by atoms with van der Waals surface area (Å²) in [6, 6.07) is 0. The van der Waals surface area contributed by atoms with Crippen molar-refractivity contribution < 1.29 is 0 Å². The maximum Gasteiger partial charge on any atom is 0.152 e. The summed E-state index contributed by atoms with van der Waals surface area (Å²) in [7, 11) is 0. The van der Waals surface area contributed by atoms with Gasteiger partial charge in [-0.15, -0.1) is 0 Å². The zero-order chi connectivity index (χ0) is 8.82. The quantitative estimate of drug-likeness (QED) is 0.514. The topological polar surface area (TPSA) is 0 Å². The normalized spacial score (nSPS) is 46.8. The molecule has 0 aromatic rings. The molecule has 2 aliphatic heterocycles. The first-order valence-corrected chi connectivity index (χ1v) is 5.61. The molecule has 2 unspecified atom stereocenters. The van der Waals surface area contributed by atoms with E-state index in [4.69, 9.17) is 0 Å². The molecule has 2 aliphatic rings. The maximum absolute atomic E-state index is 2.53. The molecule has 2 heterocycles. The minimum Gasteiger partial charge on any atom is -0.0733 e. The third-order valence-electron chi connectivity index (χ3n) is 5.00. The Bertz CT molecular complexity index is 189. The molecule has 2 atom stereocenters. The lowest BCUT2D eigenvalue weighted by molar-refractivity contribution is 0.498. The Hall–Kier alpha value is 0.0649. The van der Waals surface area contributed by atoms with E-state index < -0.39 is 0 Å². The summed E-state index contributed by atoms with van der Waals surface area (Å²) in [6.45, 7) is 8.49. The molecular weight excluding hydrogens is 143 g/mol. The first-order valence-electron chi connectivity index (χ1n) is 5.61. The molecule has 0 saturated carbocycles. The monoisotopic (exact) mass is 164 g/mol. The van der Waals surface area contributed by atoms with Crippen LogP contribution in [0.25, 0.3) is 0 Å². The van der Waals surface area contributed by atoms with E-state index in [1.165, 1.54) is 38.4 Å². The highest BCUT2D eigenvalue weighted by atomic mass is 14.4. The molecule has 0 aromatic heterocycles. The first-order chi connectivity index (χ1) is 5.61. The van der Waals surface area contributed by atoms with Crippen LogP contribution < -0.4 is 0 Å². The zero-order valence-corrected chi connectivity index (χ0v) is 8.82. The van der Waals surface area contributed by atoms with Crippen LogP contribution in [-0.2, 0) is 0 Å². The van der Waals surface area contributed by atoms with E-state index in [0.717, 1.165) is 12.0 Å². The van der Waals surface area contributed by atoms with Gasteiger partial charge >= 0.3 is 0 Å². The molecule has 2 saturated heterocycles. The van der Waals surface area contributed by atoms with Gasteiger partial charge in [0.1, 0.15) is 0 Å². The van der Waals surface area contributed by atoms with Gasteiger partial charge in [-0.3, -0.25) is 0 Å². The van der Waals surface area contributed by atoms with Gasteiger partial charge in [-0.05, 0) is 0 Å². The van der Waals surface area contributed by atoms with Crippen LogP contribution in [0.3, 0.4) is 0 Å². The Morgan fingerprint density at radius 3 is 2.58 bits per heavy atom. The number of hydrogen-bond donors (Lipinski definition) is 0. The average molecular weight is 164 g/mol. The smallest absolute Gasteiger partial charge is 0.0733 e. The summed E-state index contributed by atoms with van der Waals surface area (Å²) >= 11 is 0. The molecule has 1 heteroatoms. The summed E-state index contributed by atoms with van der Waals surface area (Å²) < 4.78 is 0. The van der Waals surface area contributed by atoms with Gasteiger partial charge in [0.2, 0.25) is 0 Å². The van der Waals surface area contributed by atoms with Crippen LogP contribution in [-0.4, -0.2) is 6.71 Å².